The molecule has 4 heteroatoms. The zero-order valence-corrected chi connectivity index (χ0v) is 7.57. The molecule has 0 aliphatic carbocycles. The fraction of sp³-hybridized carbons (Fsp3) is 0.333. The van der Waals surface area contributed by atoms with E-state index in [1.54, 1.807) is 18.2 Å². The Morgan fingerprint density at radius 1 is 1.46 bits per heavy atom. The van der Waals surface area contributed by atoms with E-state index in [1.807, 2.05) is 6.92 Å². The molecule has 72 valence electrons. The summed E-state index contributed by atoms with van der Waals surface area (Å²) in [5.41, 5.74) is 6.68. The number of benzene rings is 1. The molecule has 4 nitrogen and oxygen atoms in total. The quantitative estimate of drug-likeness (QED) is 0.485. The second-order valence-electron chi connectivity index (χ2n) is 2.83. The van der Waals surface area contributed by atoms with Crippen molar-refractivity contribution in [2.75, 3.05) is 12.3 Å². The van der Waals surface area contributed by atoms with Crippen LogP contribution in [-0.4, -0.2) is 21.9 Å². The third-order valence-corrected chi connectivity index (χ3v) is 1.89. The average Bonchev–Trinajstić information content (AvgIpc) is 2.11. The molecule has 0 amide bonds. The first-order valence-corrected chi connectivity index (χ1v) is 4.15. The summed E-state index contributed by atoms with van der Waals surface area (Å²) in [5, 5.41) is 19.7. The van der Waals surface area contributed by atoms with Crippen LogP contribution in [0.3, 0.4) is 0 Å². The van der Waals surface area contributed by atoms with Crippen molar-refractivity contribution < 1.29 is 10.3 Å². The van der Waals surface area contributed by atoms with E-state index in [9.17, 15) is 10.3 Å². The summed E-state index contributed by atoms with van der Waals surface area (Å²) in [6.07, 6.45) is 0. The molecule has 4 N–H and O–H groups in total. The van der Waals surface area contributed by atoms with Gasteiger partial charge in [-0.2, -0.15) is 5.06 Å². The summed E-state index contributed by atoms with van der Waals surface area (Å²) in [6, 6.07) is 4.91. The molecule has 0 radical (unpaired) electrons. The maximum absolute atomic E-state index is 9.42. The molecule has 1 aromatic rings. The molecule has 0 aliphatic heterocycles. The summed E-state index contributed by atoms with van der Waals surface area (Å²) in [5.74, 6) is 0.118. The molecule has 0 aromatic heterocycles. The Morgan fingerprint density at radius 2 is 2.15 bits per heavy atom. The fourth-order valence-corrected chi connectivity index (χ4v) is 1.06. The van der Waals surface area contributed by atoms with Crippen LogP contribution in [-0.2, 0) is 6.54 Å². The van der Waals surface area contributed by atoms with Crippen LogP contribution in [0.2, 0.25) is 0 Å². The largest absolute Gasteiger partial charge is 0.508 e. The van der Waals surface area contributed by atoms with Gasteiger partial charge >= 0.3 is 0 Å². The van der Waals surface area contributed by atoms with Crippen molar-refractivity contribution in [3.05, 3.63) is 23.8 Å². The molecule has 1 rings (SSSR count). The molecule has 0 atom stereocenters. The van der Waals surface area contributed by atoms with Crippen molar-refractivity contribution >= 4 is 5.69 Å². The van der Waals surface area contributed by atoms with E-state index >= 15 is 0 Å². The van der Waals surface area contributed by atoms with Gasteiger partial charge < -0.3 is 16.0 Å². The summed E-state index contributed by atoms with van der Waals surface area (Å²) in [7, 11) is 0. The van der Waals surface area contributed by atoms with Crippen molar-refractivity contribution in [3.8, 4) is 5.75 Å². The Morgan fingerprint density at radius 3 is 2.69 bits per heavy atom. The number of aromatic hydroxyl groups is 1. The first-order chi connectivity index (χ1) is 6.15. The van der Waals surface area contributed by atoms with Gasteiger partial charge in [-0.05, 0) is 12.1 Å². The van der Waals surface area contributed by atoms with Crippen molar-refractivity contribution in [2.24, 2.45) is 0 Å². The Balaban J connectivity index is 2.87. The van der Waals surface area contributed by atoms with Crippen LogP contribution >= 0.6 is 0 Å². The number of hydrogen-bond donors (Lipinski definition) is 3. The molecule has 0 bridgehead atoms. The number of phenols is 1. The number of nitrogen functional groups attached to an aromatic ring is 1. The van der Waals surface area contributed by atoms with Gasteiger partial charge in [0.15, 0.2) is 0 Å². The van der Waals surface area contributed by atoms with Crippen molar-refractivity contribution in [1.29, 1.82) is 0 Å². The van der Waals surface area contributed by atoms with Crippen molar-refractivity contribution in [2.45, 2.75) is 13.5 Å². The molecule has 0 aliphatic rings. The fourth-order valence-electron chi connectivity index (χ4n) is 1.06. The summed E-state index contributed by atoms with van der Waals surface area (Å²) < 4.78 is 0. The average molecular weight is 182 g/mol. The minimum atomic E-state index is 0.118. The van der Waals surface area contributed by atoms with Gasteiger partial charge in [-0.1, -0.05) is 13.0 Å². The molecule has 13 heavy (non-hydrogen) atoms. The van der Waals surface area contributed by atoms with Gasteiger partial charge in [0.1, 0.15) is 5.75 Å². The Labute approximate surface area is 77.2 Å². The highest BCUT2D eigenvalue weighted by molar-refractivity contribution is 5.53. The number of hydrogen-bond acceptors (Lipinski definition) is 4. The maximum atomic E-state index is 9.42. The van der Waals surface area contributed by atoms with E-state index < -0.39 is 0 Å². The Bertz CT molecular complexity index is 269. The van der Waals surface area contributed by atoms with Gasteiger partial charge in [-0.3, -0.25) is 0 Å². The van der Waals surface area contributed by atoms with Crippen LogP contribution in [0.4, 0.5) is 5.69 Å². The summed E-state index contributed by atoms with van der Waals surface area (Å²) in [6.45, 7) is 2.55. The molecular weight excluding hydrogens is 168 g/mol. The van der Waals surface area contributed by atoms with E-state index in [1.165, 1.54) is 0 Å². The Kier molecular flexibility index (Phi) is 3.11. The SMILES string of the molecule is CCN(O)Cc1c(N)cccc1O. The lowest BCUT2D eigenvalue weighted by Gasteiger charge is -2.14. The molecule has 0 saturated carbocycles. The molecular formula is C9H14N2O2. The number of anilines is 1. The lowest BCUT2D eigenvalue weighted by molar-refractivity contribution is -0.0948. The normalized spacial score (nSPS) is 10.7. The van der Waals surface area contributed by atoms with E-state index in [0.29, 0.717) is 17.8 Å². The van der Waals surface area contributed by atoms with Crippen LogP contribution in [0.15, 0.2) is 18.2 Å². The second-order valence-corrected chi connectivity index (χ2v) is 2.83. The first kappa shape index (κ1) is 9.83. The molecule has 0 heterocycles. The Hall–Kier alpha value is -1.26. The highest BCUT2D eigenvalue weighted by Gasteiger charge is 2.07. The van der Waals surface area contributed by atoms with Crippen LogP contribution in [0.1, 0.15) is 12.5 Å². The van der Waals surface area contributed by atoms with Crippen LogP contribution in [0, 0.1) is 0 Å². The predicted molar refractivity (Wildman–Crippen MR) is 50.4 cm³/mol. The van der Waals surface area contributed by atoms with E-state index in [2.05, 4.69) is 0 Å². The second kappa shape index (κ2) is 4.11. The minimum Gasteiger partial charge on any atom is -0.508 e. The highest BCUT2D eigenvalue weighted by atomic mass is 16.5. The number of hydroxylamine groups is 2. The standard InChI is InChI=1S/C9H14N2O2/c1-2-11(13)6-7-8(10)4-3-5-9(7)12/h3-5,12-13H,2,6,10H2,1H3. The molecule has 1 aromatic carbocycles. The number of nitrogens with two attached hydrogens (primary N) is 1. The summed E-state index contributed by atoms with van der Waals surface area (Å²) >= 11 is 0. The summed E-state index contributed by atoms with van der Waals surface area (Å²) in [4.78, 5) is 0. The number of nitrogens with zero attached hydrogens (tertiary/aromatic N) is 1. The molecule has 0 spiro atoms. The van der Waals surface area contributed by atoms with Gasteiger partial charge in [-0.25, -0.2) is 0 Å². The van der Waals surface area contributed by atoms with Crippen LogP contribution in [0.5, 0.6) is 5.75 Å². The molecule has 0 unspecified atom stereocenters. The van der Waals surface area contributed by atoms with Gasteiger partial charge in [0, 0.05) is 17.8 Å². The minimum absolute atomic E-state index is 0.118. The van der Waals surface area contributed by atoms with Gasteiger partial charge in [0.2, 0.25) is 0 Å². The number of phenolic OH excluding ortho intramolecular Hbond substituents is 1. The zero-order chi connectivity index (χ0) is 9.84. The van der Waals surface area contributed by atoms with E-state index in [0.717, 1.165) is 5.06 Å². The maximum Gasteiger partial charge on any atom is 0.122 e. The van der Waals surface area contributed by atoms with Crippen LogP contribution in [0.25, 0.3) is 0 Å². The third-order valence-electron chi connectivity index (χ3n) is 1.89. The molecule has 0 fully saturated rings. The van der Waals surface area contributed by atoms with Crippen molar-refractivity contribution in [3.63, 3.8) is 0 Å². The van der Waals surface area contributed by atoms with Gasteiger partial charge in [-0.15, -0.1) is 0 Å². The molecule has 0 saturated heterocycles. The topological polar surface area (TPSA) is 69.7 Å². The zero-order valence-electron chi connectivity index (χ0n) is 7.57. The van der Waals surface area contributed by atoms with Gasteiger partial charge in [0.25, 0.3) is 0 Å². The van der Waals surface area contributed by atoms with E-state index in [-0.39, 0.29) is 12.3 Å². The smallest absolute Gasteiger partial charge is 0.122 e. The third kappa shape index (κ3) is 2.34. The van der Waals surface area contributed by atoms with E-state index in [4.69, 9.17) is 5.73 Å². The number of rotatable bonds is 3. The predicted octanol–water partition coefficient (Wildman–Crippen LogP) is 1.19. The monoisotopic (exact) mass is 182 g/mol. The van der Waals surface area contributed by atoms with Gasteiger partial charge in [0.05, 0.1) is 6.54 Å². The van der Waals surface area contributed by atoms with Crippen molar-refractivity contribution in [1.82, 2.24) is 5.06 Å². The lowest BCUT2D eigenvalue weighted by Crippen LogP contribution is -2.18. The highest BCUT2D eigenvalue weighted by Crippen LogP contribution is 2.23. The first-order valence-electron chi connectivity index (χ1n) is 4.15. The van der Waals surface area contributed by atoms with Crippen LogP contribution < -0.4 is 5.73 Å². The lowest BCUT2D eigenvalue weighted by atomic mass is 10.1.